The van der Waals surface area contributed by atoms with Crippen molar-refractivity contribution >= 4 is 28.7 Å². The molecule has 0 bridgehead atoms. The summed E-state index contributed by atoms with van der Waals surface area (Å²) in [5.41, 5.74) is 3.18. The highest BCUT2D eigenvalue weighted by atomic mass is 19.4. The number of esters is 1. The molecule has 1 N–H and O–H groups in total. The SMILES string of the molecule is CC(F)(F)F.CCC1CN(C(=O)OC(C)(C)C)c2cc(OCc3ccccc3)c3[nH]cc(C(=O)OC)c3c21. The number of hydrogen-bond donors (Lipinski definition) is 1. The first kappa shape index (κ1) is 28.9. The van der Waals surface area contributed by atoms with E-state index in [1.807, 2.05) is 57.2 Å². The van der Waals surface area contributed by atoms with E-state index >= 15 is 0 Å². The van der Waals surface area contributed by atoms with Crippen molar-refractivity contribution in [2.75, 3.05) is 18.6 Å². The van der Waals surface area contributed by atoms with E-state index in [4.69, 9.17) is 14.2 Å². The smallest absolute Gasteiger partial charge is 0.414 e. The third-order valence-corrected chi connectivity index (χ3v) is 5.79. The Kier molecular flexibility index (Phi) is 8.64. The van der Waals surface area contributed by atoms with E-state index in [1.165, 1.54) is 7.11 Å². The van der Waals surface area contributed by atoms with Gasteiger partial charge in [0.1, 0.15) is 18.0 Å². The molecule has 3 aromatic rings. The van der Waals surface area contributed by atoms with Crippen LogP contribution in [-0.4, -0.2) is 42.5 Å². The molecule has 38 heavy (non-hydrogen) atoms. The number of ether oxygens (including phenoxy) is 3. The average molecular weight is 535 g/mol. The molecular weight excluding hydrogens is 501 g/mol. The molecule has 0 radical (unpaired) electrons. The molecule has 2 heterocycles. The Morgan fingerprint density at radius 1 is 1.11 bits per heavy atom. The Balaban J connectivity index is 0.000000732. The van der Waals surface area contributed by atoms with E-state index < -0.39 is 23.8 Å². The first-order valence-electron chi connectivity index (χ1n) is 12.2. The van der Waals surface area contributed by atoms with Crippen LogP contribution in [0, 0.1) is 0 Å². The lowest BCUT2D eigenvalue weighted by molar-refractivity contribution is -0.110. The second-order valence-corrected chi connectivity index (χ2v) is 10.0. The second-order valence-electron chi connectivity index (χ2n) is 10.0. The van der Waals surface area contributed by atoms with Crippen molar-refractivity contribution in [1.82, 2.24) is 4.98 Å². The molecule has 1 atom stereocenters. The zero-order valence-electron chi connectivity index (χ0n) is 22.4. The normalized spacial score (nSPS) is 15.0. The summed E-state index contributed by atoms with van der Waals surface area (Å²) in [6.07, 6.45) is -1.96. The molecule has 1 amide bonds. The number of alkyl halides is 3. The van der Waals surface area contributed by atoms with Crippen LogP contribution in [0.2, 0.25) is 0 Å². The molecule has 2 aromatic carbocycles. The fourth-order valence-corrected chi connectivity index (χ4v) is 4.29. The maximum absolute atomic E-state index is 13.1. The minimum absolute atomic E-state index is 0.0531. The third kappa shape index (κ3) is 6.99. The van der Waals surface area contributed by atoms with Crippen LogP contribution >= 0.6 is 0 Å². The summed E-state index contributed by atoms with van der Waals surface area (Å²) in [7, 11) is 1.36. The zero-order chi connectivity index (χ0) is 28.3. The van der Waals surface area contributed by atoms with Crippen LogP contribution < -0.4 is 9.64 Å². The highest BCUT2D eigenvalue weighted by Crippen LogP contribution is 2.47. The number of nitrogens with one attached hydrogen (secondary N) is 1. The maximum atomic E-state index is 13.1. The summed E-state index contributed by atoms with van der Waals surface area (Å²) in [6.45, 7) is 8.62. The van der Waals surface area contributed by atoms with Gasteiger partial charge in [0.15, 0.2) is 0 Å². The highest BCUT2D eigenvalue weighted by molar-refractivity contribution is 6.10. The standard InChI is InChI=1S/C26H30N2O5.C2H3F3/c1-6-17-14-28(25(30)33-26(2,3)4)19-12-20(32-15-16-10-8-7-9-11-16)23-22(21(17)19)18(13-27-23)24(29)31-5;1-2(3,4)5/h7-13,17,27H,6,14-15H2,1-5H3;1H3. The number of halogens is 3. The van der Waals surface area contributed by atoms with E-state index in [2.05, 4.69) is 11.9 Å². The predicted molar refractivity (Wildman–Crippen MR) is 139 cm³/mol. The van der Waals surface area contributed by atoms with Crippen LogP contribution in [0.5, 0.6) is 5.75 Å². The maximum Gasteiger partial charge on any atom is 0.414 e. The number of carbonyl (C=O) groups is 2. The van der Waals surface area contributed by atoms with Crippen molar-refractivity contribution in [3.8, 4) is 5.75 Å². The number of rotatable bonds is 5. The van der Waals surface area contributed by atoms with Crippen LogP contribution in [0.15, 0.2) is 42.6 Å². The van der Waals surface area contributed by atoms with Gasteiger partial charge in [0.25, 0.3) is 0 Å². The largest absolute Gasteiger partial charge is 0.487 e. The highest BCUT2D eigenvalue weighted by Gasteiger charge is 2.38. The minimum atomic E-state index is -4.00. The molecule has 1 unspecified atom stereocenters. The van der Waals surface area contributed by atoms with Crippen molar-refractivity contribution in [3.05, 3.63) is 59.3 Å². The van der Waals surface area contributed by atoms with Crippen molar-refractivity contribution in [2.45, 2.75) is 65.3 Å². The summed E-state index contributed by atoms with van der Waals surface area (Å²) in [4.78, 5) is 30.5. The molecule has 1 aliphatic heterocycles. The van der Waals surface area contributed by atoms with Gasteiger partial charge < -0.3 is 19.2 Å². The number of aromatic amines is 1. The number of aromatic nitrogens is 1. The number of methoxy groups -OCH3 is 1. The van der Waals surface area contributed by atoms with E-state index in [9.17, 15) is 22.8 Å². The van der Waals surface area contributed by atoms with E-state index in [-0.39, 0.29) is 12.8 Å². The van der Waals surface area contributed by atoms with Gasteiger partial charge in [-0.3, -0.25) is 4.90 Å². The van der Waals surface area contributed by atoms with Gasteiger partial charge in [-0.15, -0.1) is 0 Å². The molecule has 1 aromatic heterocycles. The zero-order valence-corrected chi connectivity index (χ0v) is 22.4. The Morgan fingerprint density at radius 3 is 2.29 bits per heavy atom. The number of nitrogens with zero attached hydrogens (tertiary/aromatic N) is 1. The van der Waals surface area contributed by atoms with Crippen LogP contribution in [0.25, 0.3) is 10.9 Å². The first-order chi connectivity index (χ1) is 17.7. The summed E-state index contributed by atoms with van der Waals surface area (Å²) >= 11 is 0. The quantitative estimate of drug-likeness (QED) is 0.346. The van der Waals surface area contributed by atoms with E-state index in [0.29, 0.717) is 30.2 Å². The topological polar surface area (TPSA) is 80.9 Å². The van der Waals surface area contributed by atoms with Gasteiger partial charge in [-0.1, -0.05) is 37.3 Å². The Labute approximate surface area is 219 Å². The molecule has 0 fully saturated rings. The van der Waals surface area contributed by atoms with E-state index in [0.717, 1.165) is 28.5 Å². The fourth-order valence-electron chi connectivity index (χ4n) is 4.29. The summed E-state index contributed by atoms with van der Waals surface area (Å²) in [5.74, 6) is 0.180. The van der Waals surface area contributed by atoms with E-state index in [1.54, 1.807) is 11.1 Å². The molecule has 0 saturated heterocycles. The number of H-pyrrole nitrogens is 1. The van der Waals surface area contributed by atoms with Gasteiger partial charge in [0.05, 0.1) is 23.9 Å². The number of benzene rings is 2. The van der Waals surface area contributed by atoms with Crippen molar-refractivity contribution in [2.24, 2.45) is 0 Å². The summed E-state index contributed by atoms with van der Waals surface area (Å²) in [6, 6.07) is 11.7. The lowest BCUT2D eigenvalue weighted by Gasteiger charge is -2.25. The average Bonchev–Trinajstić information content (AvgIpc) is 3.42. The number of anilines is 1. The molecule has 1 aliphatic rings. The predicted octanol–water partition coefficient (Wildman–Crippen LogP) is 7.35. The van der Waals surface area contributed by atoms with Gasteiger partial charge in [0.2, 0.25) is 0 Å². The number of hydrogen-bond acceptors (Lipinski definition) is 5. The molecule has 0 spiro atoms. The summed E-state index contributed by atoms with van der Waals surface area (Å²) in [5, 5.41) is 0.736. The fraction of sp³-hybridized carbons (Fsp3) is 0.429. The van der Waals surface area contributed by atoms with Gasteiger partial charge in [0, 0.05) is 37.0 Å². The minimum Gasteiger partial charge on any atom is -0.487 e. The van der Waals surface area contributed by atoms with Crippen LogP contribution in [0.3, 0.4) is 0 Å². The van der Waals surface area contributed by atoms with Crippen molar-refractivity contribution in [3.63, 3.8) is 0 Å². The Morgan fingerprint density at radius 2 is 1.74 bits per heavy atom. The summed E-state index contributed by atoms with van der Waals surface area (Å²) < 4.78 is 48.0. The Hall–Kier alpha value is -3.69. The molecule has 0 aliphatic carbocycles. The van der Waals surface area contributed by atoms with Crippen LogP contribution in [0.4, 0.5) is 23.7 Å². The van der Waals surface area contributed by atoms with Gasteiger partial charge in [-0.05, 0) is 38.3 Å². The lowest BCUT2D eigenvalue weighted by Crippen LogP contribution is -2.36. The van der Waals surface area contributed by atoms with Gasteiger partial charge >= 0.3 is 18.2 Å². The Bertz CT molecular complexity index is 1270. The molecule has 4 rings (SSSR count). The first-order valence-corrected chi connectivity index (χ1v) is 12.2. The number of amides is 1. The number of carbonyl (C=O) groups excluding carboxylic acids is 2. The molecule has 206 valence electrons. The molecule has 0 saturated carbocycles. The second kappa shape index (κ2) is 11.4. The monoisotopic (exact) mass is 534 g/mol. The van der Waals surface area contributed by atoms with Crippen LogP contribution in [-0.2, 0) is 16.1 Å². The lowest BCUT2D eigenvalue weighted by atomic mass is 9.93. The third-order valence-electron chi connectivity index (χ3n) is 5.79. The molecular formula is C28H33F3N2O5. The van der Waals surface area contributed by atoms with Crippen molar-refractivity contribution < 1.29 is 37.0 Å². The number of fused-ring (bicyclic) bond motifs is 3. The van der Waals surface area contributed by atoms with Gasteiger partial charge in [-0.2, -0.15) is 13.2 Å². The molecule has 10 heteroatoms. The van der Waals surface area contributed by atoms with Crippen LogP contribution in [0.1, 0.15) is 68.4 Å². The molecule has 7 nitrogen and oxygen atoms in total. The van der Waals surface area contributed by atoms with Crippen molar-refractivity contribution in [1.29, 1.82) is 0 Å². The van der Waals surface area contributed by atoms with Gasteiger partial charge in [-0.25, -0.2) is 9.59 Å².